The van der Waals surface area contributed by atoms with Gasteiger partial charge in [-0.3, -0.25) is 9.59 Å². The highest BCUT2D eigenvalue weighted by molar-refractivity contribution is 5.93. The monoisotopic (exact) mass is 268 g/mol. The minimum atomic E-state index is -0.893. The molecular formula is C13H20N2O4. The lowest BCUT2D eigenvalue weighted by molar-refractivity contribution is -0.122. The van der Waals surface area contributed by atoms with E-state index in [1.54, 1.807) is 13.0 Å². The van der Waals surface area contributed by atoms with Gasteiger partial charge in [0, 0.05) is 19.5 Å². The summed E-state index contributed by atoms with van der Waals surface area (Å²) in [5.41, 5.74) is -0.468. The first-order valence-electron chi connectivity index (χ1n) is 6.24. The second kappa shape index (κ2) is 6.94. The zero-order valence-electron chi connectivity index (χ0n) is 11.2. The highest BCUT2D eigenvalue weighted by Crippen LogP contribution is 2.05. The van der Waals surface area contributed by atoms with E-state index < -0.39 is 5.60 Å². The summed E-state index contributed by atoms with van der Waals surface area (Å²) < 4.78 is 4.78. The van der Waals surface area contributed by atoms with Crippen LogP contribution < -0.4 is 10.6 Å². The Morgan fingerprint density at radius 1 is 1.42 bits per heavy atom. The summed E-state index contributed by atoms with van der Waals surface area (Å²) in [5.74, 6) is -0.483. The maximum Gasteiger partial charge on any atom is 0.254 e. The Labute approximate surface area is 112 Å². The van der Waals surface area contributed by atoms with Gasteiger partial charge in [-0.05, 0) is 19.4 Å². The van der Waals surface area contributed by atoms with Gasteiger partial charge in [-0.2, -0.15) is 0 Å². The molecule has 0 aromatic carbocycles. The van der Waals surface area contributed by atoms with Gasteiger partial charge in [0.1, 0.15) is 6.26 Å². The fourth-order valence-electron chi connectivity index (χ4n) is 1.29. The Morgan fingerprint density at radius 2 is 2.16 bits per heavy atom. The number of hydrogen-bond acceptors (Lipinski definition) is 4. The zero-order chi connectivity index (χ0) is 14.3. The predicted octanol–water partition coefficient (Wildman–Crippen LogP) is 0.677. The maximum atomic E-state index is 11.5. The van der Waals surface area contributed by atoms with Crippen LogP contribution in [0.3, 0.4) is 0 Å². The fourth-order valence-corrected chi connectivity index (χ4v) is 1.29. The van der Waals surface area contributed by atoms with Gasteiger partial charge < -0.3 is 20.2 Å². The molecule has 2 amide bonds. The zero-order valence-corrected chi connectivity index (χ0v) is 11.2. The van der Waals surface area contributed by atoms with Gasteiger partial charge in [-0.25, -0.2) is 0 Å². The number of amides is 2. The van der Waals surface area contributed by atoms with Gasteiger partial charge in [-0.15, -0.1) is 0 Å². The second-order valence-electron chi connectivity index (χ2n) is 4.65. The lowest BCUT2D eigenvalue weighted by atomic mass is 10.0. The van der Waals surface area contributed by atoms with Gasteiger partial charge in [-0.1, -0.05) is 6.92 Å². The van der Waals surface area contributed by atoms with Crippen LogP contribution in [-0.4, -0.2) is 35.6 Å². The van der Waals surface area contributed by atoms with Crippen molar-refractivity contribution < 1.29 is 19.1 Å². The average Bonchev–Trinajstić information content (AvgIpc) is 2.90. The molecule has 1 heterocycles. The average molecular weight is 268 g/mol. The normalized spacial score (nSPS) is 13.6. The van der Waals surface area contributed by atoms with Crippen LogP contribution in [0.25, 0.3) is 0 Å². The van der Waals surface area contributed by atoms with E-state index in [9.17, 15) is 14.7 Å². The van der Waals surface area contributed by atoms with Crippen LogP contribution >= 0.6 is 0 Å². The van der Waals surface area contributed by atoms with Crippen molar-refractivity contribution in [2.45, 2.75) is 32.3 Å². The molecule has 1 aromatic rings. The SMILES string of the molecule is CCC(C)(O)CNC(=O)CCNC(=O)c1ccoc1. The number of nitrogens with one attached hydrogen (secondary N) is 2. The summed E-state index contributed by atoms with van der Waals surface area (Å²) >= 11 is 0. The molecule has 0 aliphatic carbocycles. The molecule has 0 bridgehead atoms. The molecule has 0 saturated heterocycles. The molecule has 106 valence electrons. The summed E-state index contributed by atoms with van der Waals surface area (Å²) in [6, 6.07) is 1.55. The van der Waals surface area contributed by atoms with Crippen molar-refractivity contribution in [1.82, 2.24) is 10.6 Å². The van der Waals surface area contributed by atoms with Gasteiger partial charge in [0.15, 0.2) is 0 Å². The Bertz CT molecular complexity index is 412. The van der Waals surface area contributed by atoms with Crippen LogP contribution in [0.5, 0.6) is 0 Å². The van der Waals surface area contributed by atoms with E-state index in [0.29, 0.717) is 12.0 Å². The lowest BCUT2D eigenvalue weighted by Crippen LogP contribution is -2.41. The summed E-state index contributed by atoms with van der Waals surface area (Å²) in [5, 5.41) is 14.9. The van der Waals surface area contributed by atoms with E-state index in [1.807, 2.05) is 6.92 Å². The van der Waals surface area contributed by atoms with E-state index in [1.165, 1.54) is 12.5 Å². The highest BCUT2D eigenvalue weighted by Gasteiger charge is 2.18. The topological polar surface area (TPSA) is 91.6 Å². The molecule has 0 radical (unpaired) electrons. The second-order valence-corrected chi connectivity index (χ2v) is 4.65. The molecule has 1 aromatic heterocycles. The summed E-state index contributed by atoms with van der Waals surface area (Å²) in [7, 11) is 0. The molecular weight excluding hydrogens is 248 g/mol. The molecule has 3 N–H and O–H groups in total. The van der Waals surface area contributed by atoms with Gasteiger partial charge >= 0.3 is 0 Å². The van der Waals surface area contributed by atoms with Crippen LogP contribution in [-0.2, 0) is 4.79 Å². The van der Waals surface area contributed by atoms with Crippen molar-refractivity contribution in [3.8, 4) is 0 Å². The van der Waals surface area contributed by atoms with Crippen LogP contribution in [0, 0.1) is 0 Å². The van der Waals surface area contributed by atoms with E-state index >= 15 is 0 Å². The minimum absolute atomic E-state index is 0.170. The summed E-state index contributed by atoms with van der Waals surface area (Å²) in [6.07, 6.45) is 3.48. The van der Waals surface area contributed by atoms with Gasteiger partial charge in [0.25, 0.3) is 5.91 Å². The molecule has 0 aliphatic rings. The number of hydrogen-bond donors (Lipinski definition) is 3. The molecule has 6 nitrogen and oxygen atoms in total. The number of carbonyl (C=O) groups is 2. The van der Waals surface area contributed by atoms with Crippen molar-refractivity contribution in [2.24, 2.45) is 0 Å². The predicted molar refractivity (Wildman–Crippen MR) is 69.6 cm³/mol. The highest BCUT2D eigenvalue weighted by atomic mass is 16.3. The third kappa shape index (κ3) is 5.56. The van der Waals surface area contributed by atoms with Crippen molar-refractivity contribution in [1.29, 1.82) is 0 Å². The van der Waals surface area contributed by atoms with Gasteiger partial charge in [0.05, 0.1) is 17.4 Å². The third-order valence-electron chi connectivity index (χ3n) is 2.85. The summed E-state index contributed by atoms with van der Waals surface area (Å²) in [6.45, 7) is 3.95. The smallest absolute Gasteiger partial charge is 0.254 e. The molecule has 1 unspecified atom stereocenters. The maximum absolute atomic E-state index is 11.5. The van der Waals surface area contributed by atoms with Crippen molar-refractivity contribution in [3.63, 3.8) is 0 Å². The molecule has 1 atom stereocenters. The molecule has 0 aliphatic heterocycles. The first kappa shape index (κ1) is 15.2. The lowest BCUT2D eigenvalue weighted by Gasteiger charge is -2.21. The first-order valence-corrected chi connectivity index (χ1v) is 6.24. The van der Waals surface area contributed by atoms with E-state index in [2.05, 4.69) is 10.6 Å². The van der Waals surface area contributed by atoms with Crippen molar-refractivity contribution >= 4 is 11.8 Å². The van der Waals surface area contributed by atoms with Crippen LogP contribution in [0.2, 0.25) is 0 Å². The third-order valence-corrected chi connectivity index (χ3v) is 2.85. The van der Waals surface area contributed by atoms with E-state index in [-0.39, 0.29) is 31.3 Å². The molecule has 0 spiro atoms. The largest absolute Gasteiger partial charge is 0.472 e. The van der Waals surface area contributed by atoms with E-state index in [0.717, 1.165) is 0 Å². The molecule has 1 rings (SSSR count). The number of furan rings is 1. The van der Waals surface area contributed by atoms with Crippen molar-refractivity contribution in [2.75, 3.05) is 13.1 Å². The van der Waals surface area contributed by atoms with Gasteiger partial charge in [0.2, 0.25) is 5.91 Å². The molecule has 6 heteroatoms. The number of carbonyl (C=O) groups excluding carboxylic acids is 2. The summed E-state index contributed by atoms with van der Waals surface area (Å²) in [4.78, 5) is 23.0. The first-order chi connectivity index (χ1) is 8.94. The Morgan fingerprint density at radius 3 is 2.74 bits per heavy atom. The number of rotatable bonds is 7. The number of aliphatic hydroxyl groups is 1. The Kier molecular flexibility index (Phi) is 5.57. The molecule has 19 heavy (non-hydrogen) atoms. The fraction of sp³-hybridized carbons (Fsp3) is 0.538. The van der Waals surface area contributed by atoms with Crippen molar-refractivity contribution in [3.05, 3.63) is 24.2 Å². The minimum Gasteiger partial charge on any atom is -0.472 e. The van der Waals surface area contributed by atoms with Crippen LogP contribution in [0.15, 0.2) is 23.0 Å². The standard InChI is InChI=1S/C13H20N2O4/c1-3-13(2,18)9-15-11(16)4-6-14-12(17)10-5-7-19-8-10/h5,7-8,18H,3-4,6,9H2,1-2H3,(H,14,17)(H,15,16). The Balaban J connectivity index is 2.19. The van der Waals surface area contributed by atoms with Crippen LogP contribution in [0.1, 0.15) is 37.0 Å². The van der Waals surface area contributed by atoms with Crippen LogP contribution in [0.4, 0.5) is 0 Å². The van der Waals surface area contributed by atoms with E-state index in [4.69, 9.17) is 4.42 Å². The molecule has 0 fully saturated rings. The molecule has 0 saturated carbocycles. The Hall–Kier alpha value is -1.82. The quantitative estimate of drug-likeness (QED) is 0.678.